The lowest BCUT2D eigenvalue weighted by Crippen LogP contribution is -2.12. The normalized spacial score (nSPS) is 10.4. The Kier molecular flexibility index (Phi) is 4.37. The molecule has 0 atom stereocenters. The van der Waals surface area contributed by atoms with E-state index < -0.39 is 0 Å². The minimum atomic E-state index is -0.296. The number of halogens is 3. The van der Waals surface area contributed by atoms with Gasteiger partial charge in [-0.25, -0.2) is 9.97 Å². The average Bonchev–Trinajstić information content (AvgIpc) is 2.64. The molecular formula is C10H6Br2ClN3OS. The zero-order chi connectivity index (χ0) is 13.3. The second kappa shape index (κ2) is 5.64. The number of aryl methyl sites for hydroxylation is 1. The number of carbonyl (C=O) groups is 1. The Morgan fingerprint density at radius 1 is 1.50 bits per heavy atom. The maximum atomic E-state index is 12.0. The first-order valence-electron chi connectivity index (χ1n) is 4.72. The van der Waals surface area contributed by atoms with Gasteiger partial charge in [0.15, 0.2) is 5.82 Å². The Hall–Kier alpha value is -0.500. The van der Waals surface area contributed by atoms with Crippen LogP contribution in [0.15, 0.2) is 20.8 Å². The highest BCUT2D eigenvalue weighted by Gasteiger charge is 2.16. The van der Waals surface area contributed by atoms with Gasteiger partial charge in [0, 0.05) is 0 Å². The second-order valence-electron chi connectivity index (χ2n) is 3.35. The molecular weight excluding hydrogens is 405 g/mol. The minimum absolute atomic E-state index is 0.296. The number of thiophene rings is 1. The molecule has 1 amide bonds. The molecule has 94 valence electrons. The van der Waals surface area contributed by atoms with Crippen LogP contribution in [0.2, 0.25) is 5.02 Å². The van der Waals surface area contributed by atoms with E-state index in [4.69, 9.17) is 11.6 Å². The maximum absolute atomic E-state index is 12.0. The standard InChI is InChI=1S/C10H6Br2ClN3OS/c1-4-3-18-7(6(4)13)10(17)16-9-8(12)15-5(11)2-14-9/h2-3H,1H3,(H,14,16,17). The van der Waals surface area contributed by atoms with E-state index in [1.54, 1.807) is 0 Å². The highest BCUT2D eigenvalue weighted by Crippen LogP contribution is 2.28. The lowest BCUT2D eigenvalue weighted by molar-refractivity contribution is 0.103. The SMILES string of the molecule is Cc1csc(C(=O)Nc2ncc(Br)nc2Br)c1Cl. The number of nitrogens with zero attached hydrogens (tertiary/aromatic N) is 2. The summed E-state index contributed by atoms with van der Waals surface area (Å²) in [4.78, 5) is 20.6. The highest BCUT2D eigenvalue weighted by molar-refractivity contribution is 9.11. The molecule has 1 N–H and O–H groups in total. The molecule has 4 nitrogen and oxygen atoms in total. The van der Waals surface area contributed by atoms with Gasteiger partial charge in [0.1, 0.15) is 14.1 Å². The Labute approximate surface area is 129 Å². The summed E-state index contributed by atoms with van der Waals surface area (Å²) in [5.41, 5.74) is 0.882. The lowest BCUT2D eigenvalue weighted by atomic mass is 10.3. The number of hydrogen-bond acceptors (Lipinski definition) is 4. The van der Waals surface area contributed by atoms with E-state index >= 15 is 0 Å². The molecule has 0 aliphatic rings. The number of rotatable bonds is 2. The summed E-state index contributed by atoms with van der Waals surface area (Å²) < 4.78 is 1.03. The van der Waals surface area contributed by atoms with Crippen LogP contribution in [0.25, 0.3) is 0 Å². The van der Waals surface area contributed by atoms with Gasteiger partial charge in [0.2, 0.25) is 0 Å². The van der Waals surface area contributed by atoms with Crippen LogP contribution in [0.4, 0.5) is 5.82 Å². The molecule has 0 fully saturated rings. The Bertz CT molecular complexity index is 617. The van der Waals surface area contributed by atoms with Crippen molar-refractivity contribution in [3.05, 3.63) is 36.2 Å². The fraction of sp³-hybridized carbons (Fsp3) is 0.100. The molecule has 2 rings (SSSR count). The molecule has 0 aromatic carbocycles. The summed E-state index contributed by atoms with van der Waals surface area (Å²) in [5, 5.41) is 4.96. The molecule has 0 aliphatic heterocycles. The van der Waals surface area contributed by atoms with Crippen molar-refractivity contribution in [2.75, 3.05) is 5.32 Å². The number of carbonyl (C=O) groups excluding carboxylic acids is 1. The summed E-state index contributed by atoms with van der Waals surface area (Å²) in [6.45, 7) is 1.85. The Morgan fingerprint density at radius 3 is 2.78 bits per heavy atom. The van der Waals surface area contributed by atoms with Crippen molar-refractivity contribution >= 4 is 66.5 Å². The Balaban J connectivity index is 2.24. The third-order valence-electron chi connectivity index (χ3n) is 2.04. The van der Waals surface area contributed by atoms with Gasteiger partial charge < -0.3 is 5.32 Å². The van der Waals surface area contributed by atoms with Gasteiger partial charge in [0.05, 0.1) is 11.2 Å². The van der Waals surface area contributed by atoms with Crippen molar-refractivity contribution in [2.24, 2.45) is 0 Å². The van der Waals surface area contributed by atoms with Crippen molar-refractivity contribution < 1.29 is 4.79 Å². The van der Waals surface area contributed by atoms with Crippen molar-refractivity contribution in [1.82, 2.24) is 9.97 Å². The topological polar surface area (TPSA) is 54.9 Å². The summed E-state index contributed by atoms with van der Waals surface area (Å²) in [5.74, 6) is 0.0562. The van der Waals surface area contributed by atoms with Crippen molar-refractivity contribution in [3.63, 3.8) is 0 Å². The monoisotopic (exact) mass is 409 g/mol. The van der Waals surface area contributed by atoms with E-state index in [0.717, 1.165) is 5.56 Å². The first-order chi connectivity index (χ1) is 8.49. The van der Waals surface area contributed by atoms with Gasteiger partial charge in [-0.1, -0.05) is 11.6 Å². The largest absolute Gasteiger partial charge is 0.304 e. The third-order valence-corrected chi connectivity index (χ3v) is 4.67. The fourth-order valence-electron chi connectivity index (χ4n) is 1.18. The molecule has 0 aliphatic carbocycles. The number of aromatic nitrogens is 2. The Morgan fingerprint density at radius 2 is 2.22 bits per heavy atom. The molecule has 8 heteroatoms. The van der Waals surface area contributed by atoms with Crippen LogP contribution in [0.3, 0.4) is 0 Å². The molecule has 0 unspecified atom stereocenters. The molecule has 2 aromatic heterocycles. The predicted molar refractivity (Wildman–Crippen MR) is 79.5 cm³/mol. The van der Waals surface area contributed by atoms with E-state index in [1.807, 2.05) is 12.3 Å². The van der Waals surface area contributed by atoms with Crippen LogP contribution in [0.5, 0.6) is 0 Å². The zero-order valence-corrected chi connectivity index (χ0v) is 13.7. The molecule has 0 bridgehead atoms. The van der Waals surface area contributed by atoms with Gasteiger partial charge >= 0.3 is 0 Å². The molecule has 0 spiro atoms. The molecule has 0 saturated carbocycles. The van der Waals surface area contributed by atoms with Gasteiger partial charge in [-0.15, -0.1) is 11.3 Å². The average molecular weight is 412 g/mol. The van der Waals surface area contributed by atoms with Crippen molar-refractivity contribution in [2.45, 2.75) is 6.92 Å². The van der Waals surface area contributed by atoms with E-state index in [1.165, 1.54) is 17.5 Å². The second-order valence-corrected chi connectivity index (χ2v) is 6.17. The molecule has 0 saturated heterocycles. The first-order valence-corrected chi connectivity index (χ1v) is 7.56. The summed E-state index contributed by atoms with van der Waals surface area (Å²) in [7, 11) is 0. The predicted octanol–water partition coefficient (Wildman–Crippen LogP) is 4.28. The first kappa shape index (κ1) is 13.9. The van der Waals surface area contributed by atoms with Gasteiger partial charge in [-0.3, -0.25) is 4.79 Å². The molecule has 2 heterocycles. The molecule has 0 radical (unpaired) electrons. The molecule has 18 heavy (non-hydrogen) atoms. The fourth-order valence-corrected chi connectivity index (χ4v) is 3.26. The van der Waals surface area contributed by atoms with E-state index in [9.17, 15) is 4.79 Å². The lowest BCUT2D eigenvalue weighted by Gasteiger charge is -2.05. The van der Waals surface area contributed by atoms with Gasteiger partial charge in [-0.2, -0.15) is 0 Å². The van der Waals surface area contributed by atoms with Crippen LogP contribution >= 0.6 is 54.8 Å². The van der Waals surface area contributed by atoms with Crippen LogP contribution in [0, 0.1) is 6.92 Å². The quantitative estimate of drug-likeness (QED) is 0.803. The van der Waals surface area contributed by atoms with Crippen LogP contribution in [0.1, 0.15) is 15.2 Å². The number of anilines is 1. The number of nitrogens with one attached hydrogen (secondary N) is 1. The highest BCUT2D eigenvalue weighted by atomic mass is 79.9. The van der Waals surface area contributed by atoms with Crippen LogP contribution < -0.4 is 5.32 Å². The molecule has 2 aromatic rings. The zero-order valence-electron chi connectivity index (χ0n) is 9.00. The number of hydrogen-bond donors (Lipinski definition) is 1. The van der Waals surface area contributed by atoms with E-state index in [2.05, 4.69) is 47.1 Å². The van der Waals surface area contributed by atoms with Crippen molar-refractivity contribution in [3.8, 4) is 0 Å². The van der Waals surface area contributed by atoms with E-state index in [-0.39, 0.29) is 5.91 Å². The van der Waals surface area contributed by atoms with Crippen molar-refractivity contribution in [1.29, 1.82) is 0 Å². The van der Waals surface area contributed by atoms with Crippen LogP contribution in [-0.4, -0.2) is 15.9 Å². The van der Waals surface area contributed by atoms with Gasteiger partial charge in [0.25, 0.3) is 5.91 Å². The maximum Gasteiger partial charge on any atom is 0.268 e. The summed E-state index contributed by atoms with van der Waals surface area (Å²) in [6, 6.07) is 0. The van der Waals surface area contributed by atoms with E-state index in [0.29, 0.717) is 24.9 Å². The number of amides is 1. The van der Waals surface area contributed by atoms with Crippen LogP contribution in [-0.2, 0) is 0 Å². The smallest absolute Gasteiger partial charge is 0.268 e. The summed E-state index contributed by atoms with van der Waals surface area (Å²) in [6.07, 6.45) is 1.50. The minimum Gasteiger partial charge on any atom is -0.304 e. The summed E-state index contributed by atoms with van der Waals surface area (Å²) >= 11 is 13.7. The van der Waals surface area contributed by atoms with Gasteiger partial charge in [-0.05, 0) is 49.7 Å². The third kappa shape index (κ3) is 2.90.